The summed E-state index contributed by atoms with van der Waals surface area (Å²) >= 11 is 0. The number of ether oxygens (including phenoxy) is 3. The van der Waals surface area contributed by atoms with E-state index in [1.807, 2.05) is 0 Å². The fourth-order valence-electron chi connectivity index (χ4n) is 4.74. The van der Waals surface area contributed by atoms with E-state index in [2.05, 4.69) is 16.1 Å². The van der Waals surface area contributed by atoms with E-state index in [9.17, 15) is 40.7 Å². The van der Waals surface area contributed by atoms with Crippen molar-refractivity contribution in [2.45, 2.75) is 57.0 Å². The van der Waals surface area contributed by atoms with Crippen LogP contribution in [0.1, 0.15) is 39.0 Å². The van der Waals surface area contributed by atoms with E-state index in [-0.39, 0.29) is 43.3 Å². The quantitative estimate of drug-likeness (QED) is 0.228. The fraction of sp³-hybridized carbons (Fsp3) is 0.750. The Morgan fingerprint density at radius 2 is 1.47 bits per heavy atom. The second-order valence-electron chi connectivity index (χ2n) is 8.32. The lowest BCUT2D eigenvalue weighted by molar-refractivity contribution is -0.374. The molecule has 2 bridgehead atoms. The van der Waals surface area contributed by atoms with Crippen LogP contribution in [0.15, 0.2) is 12.2 Å². The van der Waals surface area contributed by atoms with Gasteiger partial charge in [0.15, 0.2) is 0 Å². The summed E-state index contributed by atoms with van der Waals surface area (Å²) in [5, 5.41) is 0. The summed E-state index contributed by atoms with van der Waals surface area (Å²) in [7, 11) is 1.14. The second-order valence-corrected chi connectivity index (χ2v) is 8.32. The number of carbonyl (C=O) groups excluding carboxylic acids is 3. The predicted octanol–water partition coefficient (Wildman–Crippen LogP) is 4.13. The Kier molecular flexibility index (Phi) is 7.55. The maximum Gasteiger partial charge on any atom is 0.437 e. The predicted molar refractivity (Wildman–Crippen MR) is 95.8 cm³/mol. The Labute approximate surface area is 180 Å². The minimum atomic E-state index is -5.83. The van der Waals surface area contributed by atoms with Crippen LogP contribution in [0.25, 0.3) is 0 Å². The molecule has 0 aromatic carbocycles. The van der Waals surface area contributed by atoms with Crippen molar-refractivity contribution >= 4 is 17.9 Å². The van der Waals surface area contributed by atoms with Crippen LogP contribution >= 0.6 is 0 Å². The molecule has 6 nitrogen and oxygen atoms in total. The van der Waals surface area contributed by atoms with Gasteiger partial charge in [0, 0.05) is 18.9 Å². The maximum absolute atomic E-state index is 13.5. The van der Waals surface area contributed by atoms with E-state index in [4.69, 9.17) is 4.74 Å². The Hall–Kier alpha value is -2.27. The average molecular weight is 474 g/mol. The van der Waals surface area contributed by atoms with Gasteiger partial charge in [-0.2, -0.15) is 26.3 Å². The molecule has 0 N–H and O–H groups in total. The Morgan fingerprint density at radius 1 is 0.938 bits per heavy atom. The maximum atomic E-state index is 13.5. The van der Waals surface area contributed by atoms with E-state index in [0.717, 1.165) is 7.11 Å². The SMILES string of the molecule is C=C(CC(=O)OC)C(=O)OCC1CC2CC1CC2CC(OC(C)=O)(C(F)(F)F)C(F)(F)F. The fourth-order valence-corrected chi connectivity index (χ4v) is 4.74. The Morgan fingerprint density at radius 3 is 1.91 bits per heavy atom. The van der Waals surface area contributed by atoms with E-state index >= 15 is 0 Å². The van der Waals surface area contributed by atoms with Crippen molar-refractivity contribution in [2.75, 3.05) is 13.7 Å². The summed E-state index contributed by atoms with van der Waals surface area (Å²) < 4.78 is 94.5. The van der Waals surface area contributed by atoms with Crippen LogP contribution in [0.3, 0.4) is 0 Å². The minimum absolute atomic E-state index is 0.0607. The number of methoxy groups -OCH3 is 1. The van der Waals surface area contributed by atoms with Gasteiger partial charge in [0.2, 0.25) is 0 Å². The topological polar surface area (TPSA) is 78.9 Å². The molecule has 2 aliphatic carbocycles. The zero-order valence-electron chi connectivity index (χ0n) is 17.5. The molecule has 2 saturated carbocycles. The number of esters is 3. The molecule has 0 heterocycles. The molecule has 0 aliphatic heterocycles. The van der Waals surface area contributed by atoms with Crippen LogP contribution in [0, 0.1) is 23.7 Å². The normalized spacial score (nSPS) is 25.4. The lowest BCUT2D eigenvalue weighted by Crippen LogP contribution is -2.60. The summed E-state index contributed by atoms with van der Waals surface area (Å²) in [6.45, 7) is 3.85. The molecule has 0 amide bonds. The van der Waals surface area contributed by atoms with Crippen molar-refractivity contribution in [3.8, 4) is 0 Å². The van der Waals surface area contributed by atoms with E-state index in [0.29, 0.717) is 13.3 Å². The van der Waals surface area contributed by atoms with Crippen LogP contribution in [0.2, 0.25) is 0 Å². The molecule has 2 aliphatic rings. The molecule has 0 aromatic rings. The van der Waals surface area contributed by atoms with E-state index in [1.54, 1.807) is 0 Å². The summed E-state index contributed by atoms with van der Waals surface area (Å²) in [6, 6.07) is 0. The van der Waals surface area contributed by atoms with Crippen molar-refractivity contribution in [3.05, 3.63) is 12.2 Å². The van der Waals surface area contributed by atoms with Gasteiger partial charge in [-0.25, -0.2) is 4.79 Å². The summed E-state index contributed by atoms with van der Waals surface area (Å²) in [5.41, 5.74) is -4.69. The number of alkyl halides is 6. The van der Waals surface area contributed by atoms with Gasteiger partial charge < -0.3 is 14.2 Å². The van der Waals surface area contributed by atoms with Crippen LogP contribution < -0.4 is 0 Å². The van der Waals surface area contributed by atoms with E-state index in [1.165, 1.54) is 0 Å². The molecule has 0 radical (unpaired) electrons. The molecule has 2 fully saturated rings. The summed E-state index contributed by atoms with van der Waals surface area (Å²) in [6.07, 6.45) is -12.7. The third-order valence-electron chi connectivity index (χ3n) is 6.24. The molecule has 182 valence electrons. The summed E-state index contributed by atoms with van der Waals surface area (Å²) in [4.78, 5) is 34.2. The van der Waals surface area contributed by atoms with Crippen LogP contribution in [-0.2, 0) is 28.6 Å². The highest BCUT2D eigenvalue weighted by molar-refractivity contribution is 5.93. The number of hydrogen-bond acceptors (Lipinski definition) is 6. The molecular formula is C20H24F6O6. The summed E-state index contributed by atoms with van der Waals surface area (Å²) in [5.74, 6) is -5.04. The molecule has 0 spiro atoms. The van der Waals surface area contributed by atoms with Gasteiger partial charge in [0.1, 0.15) is 0 Å². The van der Waals surface area contributed by atoms with Gasteiger partial charge in [-0.1, -0.05) is 6.58 Å². The molecule has 2 rings (SSSR count). The molecule has 0 saturated heterocycles. The lowest BCUT2D eigenvalue weighted by Gasteiger charge is -2.40. The van der Waals surface area contributed by atoms with Gasteiger partial charge in [-0.05, 0) is 42.9 Å². The average Bonchev–Trinajstić information content (AvgIpc) is 3.22. The number of hydrogen-bond donors (Lipinski definition) is 0. The second kappa shape index (κ2) is 9.30. The third kappa shape index (κ3) is 5.37. The number of carbonyl (C=O) groups is 3. The first-order valence-electron chi connectivity index (χ1n) is 9.86. The lowest BCUT2D eigenvalue weighted by atomic mass is 9.76. The smallest absolute Gasteiger partial charge is 0.437 e. The number of fused-ring (bicyclic) bond motifs is 2. The zero-order valence-corrected chi connectivity index (χ0v) is 17.5. The molecular weight excluding hydrogens is 450 g/mol. The Balaban J connectivity index is 2.02. The highest BCUT2D eigenvalue weighted by atomic mass is 19.4. The largest absolute Gasteiger partial charge is 0.469 e. The molecule has 12 heteroatoms. The molecule has 32 heavy (non-hydrogen) atoms. The zero-order chi connectivity index (χ0) is 24.5. The highest BCUT2D eigenvalue weighted by Gasteiger charge is 2.75. The van der Waals surface area contributed by atoms with Crippen LogP contribution in [-0.4, -0.2) is 49.6 Å². The first-order chi connectivity index (χ1) is 14.6. The monoisotopic (exact) mass is 474 g/mol. The highest BCUT2D eigenvalue weighted by Crippen LogP contribution is 2.58. The molecule has 4 unspecified atom stereocenters. The van der Waals surface area contributed by atoms with Gasteiger partial charge in [0.25, 0.3) is 0 Å². The minimum Gasteiger partial charge on any atom is -0.469 e. The molecule has 0 aromatic heterocycles. The first-order valence-corrected chi connectivity index (χ1v) is 9.86. The first kappa shape index (κ1) is 26.0. The Bertz CT molecular complexity index is 745. The van der Waals surface area contributed by atoms with Crippen LogP contribution in [0.4, 0.5) is 26.3 Å². The van der Waals surface area contributed by atoms with Crippen molar-refractivity contribution in [1.82, 2.24) is 0 Å². The van der Waals surface area contributed by atoms with Gasteiger partial charge >= 0.3 is 35.9 Å². The van der Waals surface area contributed by atoms with Crippen molar-refractivity contribution < 1.29 is 54.9 Å². The number of rotatable bonds is 8. The van der Waals surface area contributed by atoms with E-state index < -0.39 is 54.1 Å². The molecule has 4 atom stereocenters. The van der Waals surface area contributed by atoms with Crippen molar-refractivity contribution in [2.24, 2.45) is 23.7 Å². The van der Waals surface area contributed by atoms with Crippen molar-refractivity contribution in [1.29, 1.82) is 0 Å². The van der Waals surface area contributed by atoms with Gasteiger partial charge in [-0.3, -0.25) is 9.59 Å². The van der Waals surface area contributed by atoms with Crippen molar-refractivity contribution in [3.63, 3.8) is 0 Å². The van der Waals surface area contributed by atoms with Gasteiger partial charge in [-0.15, -0.1) is 0 Å². The number of halogens is 6. The third-order valence-corrected chi connectivity index (χ3v) is 6.24. The standard InChI is InChI=1S/C20H24F6O6/c1-10(4-16(28)30-3)17(29)31-9-15-7-12-5-13(15)6-14(12)8-18(19(21,22)23,20(24,25)26)32-11(2)27/h12-15H,1,4-9H2,2-3H3. The van der Waals surface area contributed by atoms with Gasteiger partial charge in [0.05, 0.1) is 20.1 Å². The van der Waals surface area contributed by atoms with Crippen LogP contribution in [0.5, 0.6) is 0 Å².